The van der Waals surface area contributed by atoms with E-state index in [9.17, 15) is 4.79 Å². The first-order chi connectivity index (χ1) is 8.83. The predicted molar refractivity (Wildman–Crippen MR) is 73.7 cm³/mol. The second-order valence-corrected chi connectivity index (χ2v) is 4.89. The minimum Gasteiger partial charge on any atom is -0.356 e. The van der Waals surface area contributed by atoms with Gasteiger partial charge in [0, 0.05) is 6.54 Å². The molecule has 1 aliphatic rings. The van der Waals surface area contributed by atoms with E-state index < -0.39 is 0 Å². The fourth-order valence-corrected chi connectivity index (χ4v) is 2.63. The van der Waals surface area contributed by atoms with Gasteiger partial charge in [0.15, 0.2) is 0 Å². The van der Waals surface area contributed by atoms with E-state index in [1.807, 2.05) is 13.1 Å². The molecule has 1 aromatic carbocycles. The number of carbonyl (C=O) groups excluding carboxylic acids is 1. The van der Waals surface area contributed by atoms with Crippen LogP contribution in [0.25, 0.3) is 0 Å². The Kier molecular flexibility index (Phi) is 4.76. The molecule has 1 amide bonds. The number of nitrogens with one attached hydrogen (secondary N) is 2. The maximum atomic E-state index is 12.2. The number of aryl methyl sites for hydroxylation is 1. The number of hydrogen-bond donors (Lipinski definition) is 2. The highest BCUT2D eigenvalue weighted by Crippen LogP contribution is 2.31. The first kappa shape index (κ1) is 13.1. The smallest absolute Gasteiger partial charge is 0.227 e. The average molecular weight is 246 g/mol. The van der Waals surface area contributed by atoms with E-state index >= 15 is 0 Å². The number of benzene rings is 1. The van der Waals surface area contributed by atoms with Gasteiger partial charge in [-0.05, 0) is 50.4 Å². The highest BCUT2D eigenvalue weighted by molar-refractivity contribution is 5.84. The van der Waals surface area contributed by atoms with Crippen molar-refractivity contribution >= 4 is 5.91 Å². The Morgan fingerprint density at radius 1 is 1.33 bits per heavy atom. The number of carbonyl (C=O) groups is 1. The Morgan fingerprint density at radius 3 is 3.00 bits per heavy atom. The summed E-state index contributed by atoms with van der Waals surface area (Å²) < 4.78 is 0. The van der Waals surface area contributed by atoms with Gasteiger partial charge in [-0.3, -0.25) is 4.79 Å². The molecule has 2 N–H and O–H groups in total. The number of hydrogen-bond acceptors (Lipinski definition) is 2. The summed E-state index contributed by atoms with van der Waals surface area (Å²) in [4.78, 5) is 12.2. The normalized spacial score (nSPS) is 18.2. The molecule has 1 unspecified atom stereocenters. The van der Waals surface area contributed by atoms with Crippen molar-refractivity contribution in [3.8, 4) is 0 Å². The third-order valence-electron chi connectivity index (χ3n) is 3.59. The van der Waals surface area contributed by atoms with Crippen LogP contribution in [0.4, 0.5) is 0 Å². The van der Waals surface area contributed by atoms with E-state index in [0.717, 1.165) is 38.8 Å². The Hall–Kier alpha value is -1.35. The molecular formula is C15H22N2O. The molecule has 0 aliphatic heterocycles. The Labute approximate surface area is 109 Å². The summed E-state index contributed by atoms with van der Waals surface area (Å²) in [5.41, 5.74) is 2.58. The number of fused-ring (bicyclic) bond motifs is 1. The first-order valence-electron chi connectivity index (χ1n) is 6.83. The molecule has 3 nitrogen and oxygen atoms in total. The van der Waals surface area contributed by atoms with Crippen molar-refractivity contribution in [1.82, 2.24) is 10.6 Å². The predicted octanol–water partition coefficient (Wildman–Crippen LogP) is 1.83. The standard InChI is InChI=1S/C15H22N2O/c1-16-10-5-11-17-15(18)14-9-4-7-12-6-2-3-8-13(12)14/h2-3,6,8,14,16H,4-5,7,9-11H2,1H3,(H,17,18). The number of amides is 1. The summed E-state index contributed by atoms with van der Waals surface area (Å²) in [6.45, 7) is 1.71. The number of rotatable bonds is 5. The molecule has 0 radical (unpaired) electrons. The molecule has 0 bridgehead atoms. The molecule has 0 saturated carbocycles. The van der Waals surface area contributed by atoms with Crippen molar-refractivity contribution in [3.05, 3.63) is 35.4 Å². The van der Waals surface area contributed by atoms with Gasteiger partial charge in [0.2, 0.25) is 5.91 Å². The third-order valence-corrected chi connectivity index (χ3v) is 3.59. The molecule has 0 aromatic heterocycles. The quantitative estimate of drug-likeness (QED) is 0.778. The van der Waals surface area contributed by atoms with E-state index in [-0.39, 0.29) is 11.8 Å². The highest BCUT2D eigenvalue weighted by atomic mass is 16.1. The van der Waals surface area contributed by atoms with Crippen LogP contribution in [0.5, 0.6) is 0 Å². The van der Waals surface area contributed by atoms with Crippen LogP contribution >= 0.6 is 0 Å². The highest BCUT2D eigenvalue weighted by Gasteiger charge is 2.25. The van der Waals surface area contributed by atoms with Crippen LogP contribution < -0.4 is 10.6 Å². The lowest BCUT2D eigenvalue weighted by Gasteiger charge is -2.24. The van der Waals surface area contributed by atoms with Crippen molar-refractivity contribution in [3.63, 3.8) is 0 Å². The van der Waals surface area contributed by atoms with Gasteiger partial charge in [0.05, 0.1) is 5.92 Å². The average Bonchev–Trinajstić information content (AvgIpc) is 2.43. The van der Waals surface area contributed by atoms with Crippen LogP contribution in [0.2, 0.25) is 0 Å². The zero-order valence-electron chi connectivity index (χ0n) is 11.0. The van der Waals surface area contributed by atoms with Gasteiger partial charge in [-0.25, -0.2) is 0 Å². The van der Waals surface area contributed by atoms with Gasteiger partial charge >= 0.3 is 0 Å². The maximum Gasteiger partial charge on any atom is 0.227 e. The van der Waals surface area contributed by atoms with E-state index in [4.69, 9.17) is 0 Å². The van der Waals surface area contributed by atoms with Crippen LogP contribution in [0.3, 0.4) is 0 Å². The molecule has 18 heavy (non-hydrogen) atoms. The Bertz CT molecular complexity index is 403. The van der Waals surface area contributed by atoms with Crippen molar-refractivity contribution in [2.24, 2.45) is 0 Å². The van der Waals surface area contributed by atoms with E-state index in [2.05, 4.69) is 28.8 Å². The second-order valence-electron chi connectivity index (χ2n) is 4.89. The van der Waals surface area contributed by atoms with Crippen molar-refractivity contribution < 1.29 is 4.79 Å². The van der Waals surface area contributed by atoms with Gasteiger partial charge in [-0.1, -0.05) is 24.3 Å². The van der Waals surface area contributed by atoms with Gasteiger partial charge in [0.25, 0.3) is 0 Å². The van der Waals surface area contributed by atoms with Crippen LogP contribution in [-0.2, 0) is 11.2 Å². The molecule has 0 heterocycles. The lowest BCUT2D eigenvalue weighted by Crippen LogP contribution is -2.33. The molecular weight excluding hydrogens is 224 g/mol. The summed E-state index contributed by atoms with van der Waals surface area (Å²) in [6.07, 6.45) is 4.19. The molecule has 1 atom stereocenters. The molecule has 0 saturated heterocycles. The van der Waals surface area contributed by atoms with Crippen molar-refractivity contribution in [2.45, 2.75) is 31.6 Å². The monoisotopic (exact) mass is 246 g/mol. The lowest BCUT2D eigenvalue weighted by molar-refractivity contribution is -0.122. The fourth-order valence-electron chi connectivity index (χ4n) is 2.63. The third kappa shape index (κ3) is 3.10. The fraction of sp³-hybridized carbons (Fsp3) is 0.533. The van der Waals surface area contributed by atoms with Crippen LogP contribution in [0.15, 0.2) is 24.3 Å². The van der Waals surface area contributed by atoms with E-state index in [0.29, 0.717) is 0 Å². The van der Waals surface area contributed by atoms with Gasteiger partial charge in [-0.2, -0.15) is 0 Å². The van der Waals surface area contributed by atoms with Gasteiger partial charge < -0.3 is 10.6 Å². The molecule has 2 rings (SSSR count). The summed E-state index contributed by atoms with van der Waals surface area (Å²) in [5, 5.41) is 6.13. The minimum absolute atomic E-state index is 0.0598. The van der Waals surface area contributed by atoms with Crippen molar-refractivity contribution in [1.29, 1.82) is 0 Å². The largest absolute Gasteiger partial charge is 0.356 e. The van der Waals surface area contributed by atoms with Crippen molar-refractivity contribution in [2.75, 3.05) is 20.1 Å². The van der Waals surface area contributed by atoms with E-state index in [1.165, 1.54) is 11.1 Å². The molecule has 98 valence electrons. The van der Waals surface area contributed by atoms with Gasteiger partial charge in [-0.15, -0.1) is 0 Å². The van der Waals surface area contributed by atoms with Crippen LogP contribution in [0, 0.1) is 0 Å². The van der Waals surface area contributed by atoms with Gasteiger partial charge in [0.1, 0.15) is 0 Å². The second kappa shape index (κ2) is 6.55. The lowest BCUT2D eigenvalue weighted by atomic mass is 9.82. The molecule has 1 aromatic rings. The Balaban J connectivity index is 1.95. The minimum atomic E-state index is 0.0598. The van der Waals surface area contributed by atoms with E-state index in [1.54, 1.807) is 0 Å². The maximum absolute atomic E-state index is 12.2. The summed E-state index contributed by atoms with van der Waals surface area (Å²) in [6, 6.07) is 8.35. The SMILES string of the molecule is CNCCCNC(=O)C1CCCc2ccccc21. The van der Waals surface area contributed by atoms with Crippen LogP contribution in [0.1, 0.15) is 36.3 Å². The summed E-state index contributed by atoms with van der Waals surface area (Å²) in [7, 11) is 1.93. The first-order valence-corrected chi connectivity index (χ1v) is 6.83. The van der Waals surface area contributed by atoms with Crippen LogP contribution in [-0.4, -0.2) is 26.0 Å². The zero-order valence-corrected chi connectivity index (χ0v) is 11.0. The molecule has 0 fully saturated rings. The Morgan fingerprint density at radius 2 is 2.17 bits per heavy atom. The topological polar surface area (TPSA) is 41.1 Å². The summed E-state index contributed by atoms with van der Waals surface area (Å²) >= 11 is 0. The molecule has 0 spiro atoms. The summed E-state index contributed by atoms with van der Waals surface area (Å²) in [5.74, 6) is 0.253. The zero-order chi connectivity index (χ0) is 12.8. The molecule has 3 heteroatoms. The molecule has 1 aliphatic carbocycles.